The summed E-state index contributed by atoms with van der Waals surface area (Å²) < 4.78 is 16.7. The summed E-state index contributed by atoms with van der Waals surface area (Å²) in [4.78, 5) is 2.28. The van der Waals surface area contributed by atoms with Gasteiger partial charge in [-0.3, -0.25) is 0 Å². The smallest absolute Gasteiger partial charge is 0.0263 e. The number of rotatable bonds is 6. The van der Waals surface area contributed by atoms with Crippen LogP contribution in [-0.4, -0.2) is 0 Å². The van der Waals surface area contributed by atoms with Gasteiger partial charge in [-0.15, -0.1) is 0 Å². The fraction of sp³-hybridized carbons (Fsp3) is 0.250. The predicted octanol–water partition coefficient (Wildman–Crippen LogP) is 7.81. The lowest BCUT2D eigenvalue weighted by Crippen LogP contribution is -1.99. The number of unbranched alkanes of at least 4 members (excludes halogenated alkanes) is 1. The van der Waals surface area contributed by atoms with Crippen LogP contribution < -0.4 is 0 Å². The Labute approximate surface area is 158 Å². The van der Waals surface area contributed by atoms with Crippen molar-refractivity contribution in [2.75, 3.05) is 0 Å². The second-order valence-corrected chi connectivity index (χ2v) is 9.40. The highest BCUT2D eigenvalue weighted by molar-refractivity contribution is 8.29. The maximum atomic E-state index is 16.7. The van der Waals surface area contributed by atoms with Gasteiger partial charge in [0.25, 0.3) is 0 Å². The average Bonchev–Trinajstić information content (AvgIpc) is 2.67. The molecular formula is C24H27FS. The molecule has 2 heteroatoms. The van der Waals surface area contributed by atoms with Gasteiger partial charge in [0, 0.05) is 14.7 Å². The maximum absolute atomic E-state index is 16.7. The first-order chi connectivity index (χ1) is 12.5. The molecule has 26 heavy (non-hydrogen) atoms. The third-order valence-corrected chi connectivity index (χ3v) is 7.52. The van der Waals surface area contributed by atoms with Crippen molar-refractivity contribution in [1.82, 2.24) is 0 Å². The molecule has 136 valence electrons. The molecule has 0 nitrogen and oxygen atoms in total. The minimum absolute atomic E-state index is 0.758. The van der Waals surface area contributed by atoms with Gasteiger partial charge >= 0.3 is 0 Å². The number of hydrogen-bond acceptors (Lipinski definition) is 0. The lowest BCUT2D eigenvalue weighted by Gasteiger charge is -2.32. The normalized spacial score (nSPS) is 12.2. The molecule has 0 fully saturated rings. The summed E-state index contributed by atoms with van der Waals surface area (Å²) in [5.74, 6) is 0. The summed E-state index contributed by atoms with van der Waals surface area (Å²) in [7, 11) is -2.75. The monoisotopic (exact) mass is 366 g/mol. The van der Waals surface area contributed by atoms with Crippen LogP contribution >= 0.6 is 10.4 Å². The van der Waals surface area contributed by atoms with E-state index in [9.17, 15) is 0 Å². The zero-order valence-electron chi connectivity index (χ0n) is 15.8. The van der Waals surface area contributed by atoms with Crippen LogP contribution in [0.5, 0.6) is 0 Å². The van der Waals surface area contributed by atoms with E-state index in [2.05, 4.69) is 19.1 Å². The Bertz CT molecular complexity index is 787. The molecule has 0 aliphatic rings. The number of aryl methyl sites for hydroxylation is 3. The topological polar surface area (TPSA) is 0 Å². The number of hydrogen-bond donors (Lipinski definition) is 0. The zero-order chi connectivity index (χ0) is 18.6. The van der Waals surface area contributed by atoms with Crippen LogP contribution in [0.1, 0.15) is 36.5 Å². The Morgan fingerprint density at radius 2 is 1.04 bits per heavy atom. The quantitative estimate of drug-likeness (QED) is 0.417. The molecule has 3 rings (SSSR count). The molecule has 3 aromatic carbocycles. The Hall–Kier alpha value is -2.06. The predicted molar refractivity (Wildman–Crippen MR) is 111 cm³/mol. The summed E-state index contributed by atoms with van der Waals surface area (Å²) in [5.41, 5.74) is 3.58. The molecule has 0 bridgehead atoms. The molecule has 0 spiro atoms. The third-order valence-electron chi connectivity index (χ3n) is 4.76. The Morgan fingerprint density at radius 3 is 1.42 bits per heavy atom. The van der Waals surface area contributed by atoms with Crippen molar-refractivity contribution >= 4 is 10.4 Å². The fourth-order valence-corrected chi connectivity index (χ4v) is 5.43. The van der Waals surface area contributed by atoms with E-state index in [-0.39, 0.29) is 0 Å². The van der Waals surface area contributed by atoms with Gasteiger partial charge in [0.2, 0.25) is 0 Å². The van der Waals surface area contributed by atoms with Crippen LogP contribution in [0.2, 0.25) is 0 Å². The first kappa shape index (κ1) is 18.7. The zero-order valence-corrected chi connectivity index (χ0v) is 16.7. The van der Waals surface area contributed by atoms with Crippen LogP contribution in [0.15, 0.2) is 87.5 Å². The first-order valence-corrected chi connectivity index (χ1v) is 10.8. The van der Waals surface area contributed by atoms with Gasteiger partial charge < -0.3 is 0 Å². The van der Waals surface area contributed by atoms with Crippen LogP contribution in [0.4, 0.5) is 3.89 Å². The highest BCUT2D eigenvalue weighted by atomic mass is 32.3. The second-order valence-electron chi connectivity index (χ2n) is 6.91. The maximum Gasteiger partial charge on any atom is 0.0263 e. The lowest BCUT2D eigenvalue weighted by atomic mass is 10.1. The molecule has 0 heterocycles. The van der Waals surface area contributed by atoms with Gasteiger partial charge in [0.05, 0.1) is 0 Å². The van der Waals surface area contributed by atoms with Crippen molar-refractivity contribution in [2.24, 2.45) is 0 Å². The molecule has 0 aliphatic heterocycles. The summed E-state index contributed by atoms with van der Waals surface area (Å²) in [6, 6.07) is 23.9. The minimum atomic E-state index is -2.75. The second kappa shape index (κ2) is 8.09. The SMILES string of the molecule is CCCCc1ccc(S(F)(c2ccc(C)cc2)c2ccc(C)cc2)cc1. The molecule has 0 radical (unpaired) electrons. The molecule has 0 aromatic heterocycles. The van der Waals surface area contributed by atoms with E-state index in [1.807, 2.05) is 74.5 Å². The average molecular weight is 367 g/mol. The van der Waals surface area contributed by atoms with Crippen LogP contribution in [-0.2, 0) is 6.42 Å². The third kappa shape index (κ3) is 3.86. The van der Waals surface area contributed by atoms with Gasteiger partial charge in [0.15, 0.2) is 0 Å². The van der Waals surface area contributed by atoms with Crippen molar-refractivity contribution in [3.63, 3.8) is 0 Å². The van der Waals surface area contributed by atoms with E-state index in [4.69, 9.17) is 0 Å². The molecule has 0 saturated carbocycles. The summed E-state index contributed by atoms with van der Waals surface area (Å²) in [5, 5.41) is 0. The van der Waals surface area contributed by atoms with Crippen molar-refractivity contribution in [3.8, 4) is 0 Å². The van der Waals surface area contributed by atoms with Crippen molar-refractivity contribution in [3.05, 3.63) is 89.5 Å². The first-order valence-electron chi connectivity index (χ1n) is 9.29. The molecule has 0 N–H and O–H groups in total. The minimum Gasteiger partial charge on any atom is -0.175 e. The Balaban J connectivity index is 2.08. The van der Waals surface area contributed by atoms with Gasteiger partial charge in [-0.2, -0.15) is 3.89 Å². The van der Waals surface area contributed by atoms with Crippen molar-refractivity contribution in [1.29, 1.82) is 0 Å². The molecular weight excluding hydrogens is 339 g/mol. The molecule has 0 atom stereocenters. The van der Waals surface area contributed by atoms with Gasteiger partial charge in [0.1, 0.15) is 0 Å². The van der Waals surface area contributed by atoms with E-state index in [1.54, 1.807) is 0 Å². The van der Waals surface area contributed by atoms with E-state index >= 15 is 3.89 Å². The Morgan fingerprint density at radius 1 is 0.654 bits per heavy atom. The van der Waals surface area contributed by atoms with Crippen molar-refractivity contribution < 1.29 is 3.89 Å². The number of benzene rings is 3. The summed E-state index contributed by atoms with van der Waals surface area (Å²) >= 11 is 0. The van der Waals surface area contributed by atoms with Gasteiger partial charge in [-0.05, 0) is 79.1 Å². The molecule has 0 unspecified atom stereocenters. The lowest BCUT2D eigenvalue weighted by molar-refractivity contribution is 0.794. The van der Waals surface area contributed by atoms with E-state index in [0.29, 0.717) is 0 Å². The fourth-order valence-electron chi connectivity index (χ4n) is 3.08. The van der Waals surface area contributed by atoms with E-state index in [0.717, 1.165) is 32.2 Å². The molecule has 3 aromatic rings. The van der Waals surface area contributed by atoms with Crippen LogP contribution in [0, 0.1) is 13.8 Å². The van der Waals surface area contributed by atoms with Gasteiger partial charge in [-0.1, -0.05) is 60.9 Å². The Kier molecular flexibility index (Phi) is 5.83. The van der Waals surface area contributed by atoms with Crippen LogP contribution in [0.3, 0.4) is 0 Å². The van der Waals surface area contributed by atoms with Crippen molar-refractivity contribution in [2.45, 2.75) is 54.7 Å². The summed E-state index contributed by atoms with van der Waals surface area (Å²) in [6.45, 7) is 6.26. The molecule has 0 aliphatic carbocycles. The van der Waals surface area contributed by atoms with E-state index < -0.39 is 10.4 Å². The summed E-state index contributed by atoms with van der Waals surface area (Å²) in [6.07, 6.45) is 3.40. The highest BCUT2D eigenvalue weighted by Crippen LogP contribution is 2.69. The highest BCUT2D eigenvalue weighted by Gasteiger charge is 2.30. The molecule has 0 amide bonds. The van der Waals surface area contributed by atoms with Gasteiger partial charge in [-0.25, -0.2) is 0 Å². The number of halogens is 1. The largest absolute Gasteiger partial charge is 0.175 e. The standard InChI is InChI=1S/C24H27FS/c1-4-5-6-21-11-17-24(18-12-21)26(25,22-13-7-19(2)8-14-22)23-15-9-20(3)10-16-23/h7-18H,4-6H2,1-3H3. The van der Waals surface area contributed by atoms with E-state index in [1.165, 1.54) is 18.4 Å². The molecule has 0 saturated heterocycles. The van der Waals surface area contributed by atoms with Crippen LogP contribution in [0.25, 0.3) is 0 Å².